The van der Waals surface area contributed by atoms with Crippen LogP contribution in [-0.4, -0.2) is 41.7 Å². The highest BCUT2D eigenvalue weighted by atomic mass is 19.4. The quantitative estimate of drug-likeness (QED) is 0.109. The molecule has 0 aromatic heterocycles. The van der Waals surface area contributed by atoms with Gasteiger partial charge in [0, 0.05) is 5.56 Å². The van der Waals surface area contributed by atoms with Crippen LogP contribution in [0.1, 0.15) is 114 Å². The number of halogens is 17. The maximum Gasteiger partial charge on any atom is 0.460 e. The first-order valence-electron chi connectivity index (χ1n) is 17.5. The highest BCUT2D eigenvalue weighted by Gasteiger charge is 2.95. The minimum absolute atomic E-state index is 0.0838. The van der Waals surface area contributed by atoms with Gasteiger partial charge in [-0.05, 0) is 67.8 Å². The Balaban J connectivity index is 1.59. The second-order valence-electron chi connectivity index (χ2n) is 14.5. The third-order valence-corrected chi connectivity index (χ3v) is 11.0. The fourth-order valence-corrected chi connectivity index (χ4v) is 7.53. The van der Waals surface area contributed by atoms with E-state index in [4.69, 9.17) is 0 Å². The zero-order chi connectivity index (χ0) is 39.6. The Labute approximate surface area is 291 Å². The molecule has 2 saturated carbocycles. The number of aryl methyl sites for hydroxylation is 1. The standard InChI is InChI=1S/C35H43F17/c1-2-3-4-5-6-7-22-10-16-25(17-11-22)26-18-12-23(13-19-26)8-9-24-14-20-27(21-15-24)28(36,37)29(38,39)30(40,41)31(42,43)32(44,45)33(46,47)34(48,49)35(50,51)52/h14-15,20-23,25-26H,2-13,16-19H2,1H3. The first-order chi connectivity index (χ1) is 23.7. The molecule has 52 heavy (non-hydrogen) atoms. The third kappa shape index (κ3) is 8.32. The Morgan fingerprint density at radius 2 is 0.827 bits per heavy atom. The summed E-state index contributed by atoms with van der Waals surface area (Å²) >= 11 is 0. The van der Waals surface area contributed by atoms with E-state index in [9.17, 15) is 74.6 Å². The van der Waals surface area contributed by atoms with Crippen LogP contribution in [0.15, 0.2) is 24.3 Å². The summed E-state index contributed by atoms with van der Waals surface area (Å²) in [5.74, 6) is -54.2. The van der Waals surface area contributed by atoms with Crippen molar-refractivity contribution in [3.63, 3.8) is 0 Å². The summed E-state index contributed by atoms with van der Waals surface area (Å²) in [5.41, 5.74) is -1.95. The lowest BCUT2D eigenvalue weighted by atomic mass is 9.68. The third-order valence-electron chi connectivity index (χ3n) is 11.0. The van der Waals surface area contributed by atoms with Crippen LogP contribution in [-0.2, 0) is 12.3 Å². The van der Waals surface area contributed by atoms with Gasteiger partial charge in [-0.2, -0.15) is 74.6 Å². The van der Waals surface area contributed by atoms with Gasteiger partial charge >= 0.3 is 47.6 Å². The zero-order valence-corrected chi connectivity index (χ0v) is 28.4. The lowest BCUT2D eigenvalue weighted by Gasteiger charge is -2.42. The zero-order valence-electron chi connectivity index (χ0n) is 28.4. The molecule has 0 unspecified atom stereocenters. The van der Waals surface area contributed by atoms with Crippen LogP contribution in [0, 0.1) is 23.7 Å². The van der Waals surface area contributed by atoms with Crippen molar-refractivity contribution < 1.29 is 74.6 Å². The van der Waals surface area contributed by atoms with Crippen molar-refractivity contribution in [2.24, 2.45) is 23.7 Å². The van der Waals surface area contributed by atoms with E-state index >= 15 is 0 Å². The molecule has 0 radical (unpaired) electrons. The predicted octanol–water partition coefficient (Wildman–Crippen LogP) is 14.1. The number of hydrogen-bond donors (Lipinski definition) is 0. The molecule has 0 spiro atoms. The van der Waals surface area contributed by atoms with E-state index in [1.54, 1.807) is 0 Å². The van der Waals surface area contributed by atoms with E-state index in [0.29, 0.717) is 18.3 Å². The minimum Gasteiger partial charge on any atom is -0.194 e. The molecule has 0 nitrogen and oxygen atoms in total. The Kier molecular flexibility index (Phi) is 13.7. The number of unbranched alkanes of at least 4 members (excludes halogenated alkanes) is 4. The molecular formula is C35H43F17. The molecule has 0 aliphatic heterocycles. The molecular weight excluding hydrogens is 743 g/mol. The van der Waals surface area contributed by atoms with Gasteiger partial charge in [-0.15, -0.1) is 0 Å². The molecule has 302 valence electrons. The molecule has 17 heteroatoms. The second-order valence-corrected chi connectivity index (χ2v) is 14.5. The molecule has 0 bridgehead atoms. The Morgan fingerprint density at radius 3 is 1.25 bits per heavy atom. The average Bonchev–Trinajstić information content (AvgIpc) is 3.07. The van der Waals surface area contributed by atoms with Gasteiger partial charge in [0.05, 0.1) is 0 Å². The van der Waals surface area contributed by atoms with E-state index in [0.717, 1.165) is 43.7 Å². The van der Waals surface area contributed by atoms with Crippen LogP contribution in [0.2, 0.25) is 0 Å². The summed E-state index contributed by atoms with van der Waals surface area (Å²) in [5, 5.41) is 0. The minimum atomic E-state index is -8.63. The highest BCUT2D eigenvalue weighted by molar-refractivity contribution is 5.30. The van der Waals surface area contributed by atoms with E-state index in [2.05, 4.69) is 6.92 Å². The van der Waals surface area contributed by atoms with Gasteiger partial charge in [0.25, 0.3) is 0 Å². The lowest BCUT2D eigenvalue weighted by molar-refractivity contribution is -0.462. The van der Waals surface area contributed by atoms with Gasteiger partial charge in [-0.1, -0.05) is 95.4 Å². The van der Waals surface area contributed by atoms with Gasteiger partial charge in [0.1, 0.15) is 0 Å². The average molecular weight is 787 g/mol. The van der Waals surface area contributed by atoms with Crippen molar-refractivity contribution in [1.82, 2.24) is 0 Å². The van der Waals surface area contributed by atoms with Gasteiger partial charge in [-0.3, -0.25) is 0 Å². The molecule has 0 N–H and O–H groups in total. The van der Waals surface area contributed by atoms with Crippen molar-refractivity contribution in [2.75, 3.05) is 0 Å². The van der Waals surface area contributed by atoms with Gasteiger partial charge in [-0.25, -0.2) is 0 Å². The topological polar surface area (TPSA) is 0 Å². The monoisotopic (exact) mass is 786 g/mol. The molecule has 0 amide bonds. The number of benzene rings is 1. The Hall–Kier alpha value is -1.97. The van der Waals surface area contributed by atoms with Crippen molar-refractivity contribution >= 4 is 0 Å². The smallest absolute Gasteiger partial charge is 0.194 e. The first-order valence-corrected chi connectivity index (χ1v) is 17.5. The van der Waals surface area contributed by atoms with Gasteiger partial charge in [0.2, 0.25) is 0 Å². The van der Waals surface area contributed by atoms with E-state index in [-0.39, 0.29) is 30.0 Å². The fourth-order valence-electron chi connectivity index (χ4n) is 7.53. The van der Waals surface area contributed by atoms with Crippen LogP contribution in [0.4, 0.5) is 74.6 Å². The number of rotatable bonds is 17. The molecule has 3 rings (SSSR count). The maximum absolute atomic E-state index is 14.7. The maximum atomic E-state index is 14.7. The van der Waals surface area contributed by atoms with E-state index in [1.807, 2.05) is 0 Å². The van der Waals surface area contributed by atoms with Crippen LogP contribution in [0.25, 0.3) is 0 Å². The summed E-state index contributed by atoms with van der Waals surface area (Å²) < 4.78 is 232. The highest BCUT2D eigenvalue weighted by Crippen LogP contribution is 2.65. The van der Waals surface area contributed by atoms with Crippen LogP contribution >= 0.6 is 0 Å². The first kappa shape index (κ1) is 44.4. The van der Waals surface area contributed by atoms with Crippen LogP contribution in [0.5, 0.6) is 0 Å². The normalized spacial score (nSPS) is 23.6. The van der Waals surface area contributed by atoms with Crippen LogP contribution < -0.4 is 0 Å². The molecule has 0 saturated heterocycles. The largest absolute Gasteiger partial charge is 0.460 e. The molecule has 2 aliphatic carbocycles. The van der Waals surface area contributed by atoms with Crippen molar-refractivity contribution in [3.8, 4) is 0 Å². The molecule has 1 aromatic rings. The second kappa shape index (κ2) is 16.0. The number of alkyl halides is 17. The molecule has 0 heterocycles. The summed E-state index contributed by atoms with van der Waals surface area (Å²) in [4.78, 5) is 0. The van der Waals surface area contributed by atoms with Gasteiger partial charge < -0.3 is 0 Å². The SMILES string of the molecule is CCCCCCCC1CCC(C2CCC(CCc3ccc(C(F)(F)C(F)(F)C(F)(F)C(F)(F)C(F)(F)C(F)(F)C(F)(F)C(F)(F)F)cc3)CC2)CC1. The molecule has 2 fully saturated rings. The molecule has 1 aromatic carbocycles. The Morgan fingerprint density at radius 1 is 0.442 bits per heavy atom. The number of hydrogen-bond acceptors (Lipinski definition) is 0. The predicted molar refractivity (Wildman–Crippen MR) is 159 cm³/mol. The molecule has 2 aliphatic rings. The summed E-state index contributed by atoms with van der Waals surface area (Å²) in [7, 11) is 0. The van der Waals surface area contributed by atoms with Crippen molar-refractivity contribution in [3.05, 3.63) is 35.4 Å². The summed E-state index contributed by atoms with van der Waals surface area (Å²) in [6.45, 7) is 2.18. The summed E-state index contributed by atoms with van der Waals surface area (Å²) in [6.07, 6.45) is 9.09. The van der Waals surface area contributed by atoms with Gasteiger partial charge in [0.15, 0.2) is 0 Å². The lowest BCUT2D eigenvalue weighted by Crippen LogP contribution is -2.74. The summed E-state index contributed by atoms with van der Waals surface area (Å²) in [6, 6.07) is 1.66. The van der Waals surface area contributed by atoms with Crippen molar-refractivity contribution in [1.29, 1.82) is 0 Å². The van der Waals surface area contributed by atoms with E-state index < -0.39 is 53.2 Å². The van der Waals surface area contributed by atoms with E-state index in [1.165, 1.54) is 64.2 Å². The van der Waals surface area contributed by atoms with Crippen LogP contribution in [0.3, 0.4) is 0 Å². The Bertz CT molecular complexity index is 1250. The van der Waals surface area contributed by atoms with Crippen molar-refractivity contribution in [2.45, 2.75) is 157 Å². The fraction of sp³-hybridized carbons (Fsp3) is 0.829. The molecule has 0 atom stereocenters.